The van der Waals surface area contributed by atoms with Crippen molar-refractivity contribution in [3.63, 3.8) is 0 Å². The first-order valence-corrected chi connectivity index (χ1v) is 8.17. The SMILES string of the molecule is CCNC(=O)CN=C(NCC)N(C)Cc1cn(C)nc1C(C)C.I. The average Bonchev–Trinajstić information content (AvgIpc) is 2.84. The van der Waals surface area contributed by atoms with Crippen LogP contribution in [0.15, 0.2) is 11.2 Å². The number of aliphatic imine (C=N–C) groups is 1. The fourth-order valence-electron chi connectivity index (χ4n) is 2.36. The largest absolute Gasteiger partial charge is 0.357 e. The van der Waals surface area contributed by atoms with Crippen LogP contribution in [-0.4, -0.2) is 53.2 Å². The van der Waals surface area contributed by atoms with E-state index in [1.165, 1.54) is 5.56 Å². The first-order chi connectivity index (χ1) is 10.9. The zero-order chi connectivity index (χ0) is 17.4. The normalized spacial score (nSPS) is 11.2. The standard InChI is InChI=1S/C16H30N6O.HI/c1-7-17-14(23)9-19-16(18-8-2)21(5)10-13-11-22(6)20-15(13)12(3)4;/h11-12H,7-10H2,1-6H3,(H,17,23)(H,18,19);1H. The number of nitrogens with one attached hydrogen (secondary N) is 2. The van der Waals surface area contributed by atoms with Gasteiger partial charge in [0.25, 0.3) is 0 Å². The van der Waals surface area contributed by atoms with E-state index < -0.39 is 0 Å². The fourth-order valence-corrected chi connectivity index (χ4v) is 2.36. The molecule has 1 amide bonds. The highest BCUT2D eigenvalue weighted by atomic mass is 127. The van der Waals surface area contributed by atoms with E-state index in [0.717, 1.165) is 18.2 Å². The van der Waals surface area contributed by atoms with Crippen molar-refractivity contribution < 1.29 is 4.79 Å². The van der Waals surface area contributed by atoms with Gasteiger partial charge in [0.1, 0.15) is 6.54 Å². The van der Waals surface area contributed by atoms with E-state index in [0.29, 0.717) is 19.0 Å². The first-order valence-electron chi connectivity index (χ1n) is 8.17. The molecule has 0 aromatic carbocycles. The summed E-state index contributed by atoms with van der Waals surface area (Å²) in [6.07, 6.45) is 2.04. The average molecular weight is 450 g/mol. The summed E-state index contributed by atoms with van der Waals surface area (Å²) in [7, 11) is 3.90. The number of halogens is 1. The lowest BCUT2D eigenvalue weighted by atomic mass is 10.1. The van der Waals surface area contributed by atoms with Crippen molar-refractivity contribution in [2.45, 2.75) is 40.2 Å². The number of aromatic nitrogens is 2. The van der Waals surface area contributed by atoms with Gasteiger partial charge in [-0.15, -0.1) is 24.0 Å². The van der Waals surface area contributed by atoms with Crippen LogP contribution in [0.5, 0.6) is 0 Å². The molecule has 1 rings (SSSR count). The van der Waals surface area contributed by atoms with Crippen LogP contribution in [0.4, 0.5) is 0 Å². The Morgan fingerprint density at radius 2 is 1.96 bits per heavy atom. The summed E-state index contributed by atoms with van der Waals surface area (Å²) in [5, 5.41) is 10.5. The Hall–Kier alpha value is -1.32. The molecule has 24 heavy (non-hydrogen) atoms. The Kier molecular flexibility index (Phi) is 10.7. The van der Waals surface area contributed by atoms with E-state index in [4.69, 9.17) is 0 Å². The molecule has 0 saturated carbocycles. The Labute approximate surface area is 162 Å². The van der Waals surface area contributed by atoms with Gasteiger partial charge >= 0.3 is 0 Å². The Bertz CT molecular complexity index is 541. The maximum Gasteiger partial charge on any atom is 0.241 e. The van der Waals surface area contributed by atoms with Gasteiger partial charge in [-0.2, -0.15) is 5.10 Å². The maximum atomic E-state index is 11.6. The van der Waals surface area contributed by atoms with Crippen molar-refractivity contribution in [2.75, 3.05) is 26.7 Å². The number of hydrogen-bond donors (Lipinski definition) is 2. The zero-order valence-corrected chi connectivity index (χ0v) is 17.9. The van der Waals surface area contributed by atoms with Crippen LogP contribution in [-0.2, 0) is 18.4 Å². The van der Waals surface area contributed by atoms with E-state index in [9.17, 15) is 4.79 Å². The van der Waals surface area contributed by atoms with Gasteiger partial charge in [-0.3, -0.25) is 9.48 Å². The summed E-state index contributed by atoms with van der Waals surface area (Å²) in [6, 6.07) is 0. The van der Waals surface area contributed by atoms with Gasteiger partial charge in [0.2, 0.25) is 5.91 Å². The molecule has 1 aromatic heterocycles. The molecular weight excluding hydrogens is 419 g/mol. The van der Waals surface area contributed by atoms with Gasteiger partial charge in [-0.05, 0) is 19.8 Å². The Balaban J connectivity index is 0.00000529. The second kappa shape index (κ2) is 11.3. The van der Waals surface area contributed by atoms with Crippen molar-refractivity contribution >= 4 is 35.8 Å². The van der Waals surface area contributed by atoms with Crippen molar-refractivity contribution in [1.82, 2.24) is 25.3 Å². The van der Waals surface area contributed by atoms with Gasteiger partial charge in [-0.1, -0.05) is 13.8 Å². The third kappa shape index (κ3) is 7.06. The molecule has 0 aliphatic carbocycles. The molecule has 8 heteroatoms. The molecular formula is C16H31IN6O. The van der Waals surface area contributed by atoms with Crippen molar-refractivity contribution in [1.29, 1.82) is 0 Å². The van der Waals surface area contributed by atoms with E-state index in [1.807, 2.05) is 43.7 Å². The fraction of sp³-hybridized carbons (Fsp3) is 0.688. The second-order valence-corrected chi connectivity index (χ2v) is 5.85. The minimum absolute atomic E-state index is 0. The third-order valence-corrected chi connectivity index (χ3v) is 3.33. The van der Waals surface area contributed by atoms with Gasteiger partial charge in [0.15, 0.2) is 5.96 Å². The van der Waals surface area contributed by atoms with Crippen LogP contribution in [0.1, 0.15) is 44.9 Å². The highest BCUT2D eigenvalue weighted by Gasteiger charge is 2.15. The Morgan fingerprint density at radius 1 is 1.33 bits per heavy atom. The smallest absolute Gasteiger partial charge is 0.241 e. The minimum atomic E-state index is -0.0689. The second-order valence-electron chi connectivity index (χ2n) is 5.85. The molecule has 0 aliphatic heterocycles. The number of amides is 1. The number of carbonyl (C=O) groups excluding carboxylic acids is 1. The Morgan fingerprint density at radius 3 is 2.50 bits per heavy atom. The summed E-state index contributed by atoms with van der Waals surface area (Å²) < 4.78 is 1.84. The zero-order valence-electron chi connectivity index (χ0n) is 15.6. The topological polar surface area (TPSA) is 74.6 Å². The lowest BCUT2D eigenvalue weighted by molar-refractivity contribution is -0.119. The molecule has 1 heterocycles. The molecule has 138 valence electrons. The van der Waals surface area contributed by atoms with Crippen LogP contribution in [0.3, 0.4) is 0 Å². The monoisotopic (exact) mass is 450 g/mol. The number of aryl methyl sites for hydroxylation is 1. The molecule has 0 fully saturated rings. The van der Waals surface area contributed by atoms with Crippen molar-refractivity contribution in [2.24, 2.45) is 12.0 Å². The lowest BCUT2D eigenvalue weighted by Crippen LogP contribution is -2.39. The molecule has 1 aromatic rings. The van der Waals surface area contributed by atoms with E-state index >= 15 is 0 Å². The summed E-state index contributed by atoms with van der Waals surface area (Å²) in [5.41, 5.74) is 2.27. The van der Waals surface area contributed by atoms with Gasteiger partial charge in [0.05, 0.1) is 5.69 Å². The highest BCUT2D eigenvalue weighted by Crippen LogP contribution is 2.18. The van der Waals surface area contributed by atoms with Crippen LogP contribution in [0, 0.1) is 0 Å². The summed E-state index contributed by atoms with van der Waals surface area (Å²) in [4.78, 5) is 18.0. The van der Waals surface area contributed by atoms with Crippen molar-refractivity contribution in [3.8, 4) is 0 Å². The van der Waals surface area contributed by atoms with Crippen LogP contribution in [0.2, 0.25) is 0 Å². The predicted molar refractivity (Wildman–Crippen MR) is 109 cm³/mol. The van der Waals surface area contributed by atoms with Crippen molar-refractivity contribution in [3.05, 3.63) is 17.5 Å². The number of nitrogens with zero attached hydrogens (tertiary/aromatic N) is 4. The number of carbonyl (C=O) groups is 1. The molecule has 0 atom stereocenters. The number of likely N-dealkylation sites (N-methyl/N-ethyl adjacent to an activating group) is 1. The molecule has 0 aliphatic rings. The van der Waals surface area contributed by atoms with Gasteiger partial charge in [0, 0.05) is 45.5 Å². The number of guanidine groups is 1. The van der Waals surface area contributed by atoms with E-state index in [1.54, 1.807) is 0 Å². The van der Waals surface area contributed by atoms with Gasteiger partial charge in [-0.25, -0.2) is 4.99 Å². The number of hydrogen-bond acceptors (Lipinski definition) is 3. The van der Waals surface area contributed by atoms with Crippen LogP contribution in [0.25, 0.3) is 0 Å². The molecule has 0 unspecified atom stereocenters. The molecule has 0 saturated heterocycles. The predicted octanol–water partition coefficient (Wildman–Crippen LogP) is 1.69. The van der Waals surface area contributed by atoms with Gasteiger partial charge < -0.3 is 15.5 Å². The van der Waals surface area contributed by atoms with E-state index in [-0.39, 0.29) is 36.4 Å². The maximum absolute atomic E-state index is 11.6. The molecule has 2 N–H and O–H groups in total. The lowest BCUT2D eigenvalue weighted by Gasteiger charge is -2.22. The van der Waals surface area contributed by atoms with Crippen LogP contribution < -0.4 is 10.6 Å². The number of rotatable bonds is 7. The summed E-state index contributed by atoms with van der Waals surface area (Å²) in [5.74, 6) is 1.02. The third-order valence-electron chi connectivity index (χ3n) is 3.33. The summed E-state index contributed by atoms with van der Waals surface area (Å²) >= 11 is 0. The quantitative estimate of drug-likeness (QED) is 0.377. The molecule has 0 bridgehead atoms. The summed E-state index contributed by atoms with van der Waals surface area (Å²) in [6.45, 7) is 10.4. The molecule has 0 radical (unpaired) electrons. The van der Waals surface area contributed by atoms with E-state index in [2.05, 4.69) is 34.6 Å². The molecule has 7 nitrogen and oxygen atoms in total. The first kappa shape index (κ1) is 22.7. The van der Waals surface area contributed by atoms with Crippen LogP contribution >= 0.6 is 24.0 Å². The highest BCUT2D eigenvalue weighted by molar-refractivity contribution is 14.0. The minimum Gasteiger partial charge on any atom is -0.357 e. The molecule has 0 spiro atoms.